The number of anilines is 1. The van der Waals surface area contributed by atoms with Crippen molar-refractivity contribution in [2.45, 2.75) is 18.5 Å². The van der Waals surface area contributed by atoms with E-state index >= 15 is 0 Å². The predicted octanol–water partition coefficient (Wildman–Crippen LogP) is 1.91. The number of carbonyl (C=O) groups is 2. The number of hydrogen-bond donors (Lipinski definition) is 2. The molecule has 5 rings (SSSR count). The van der Waals surface area contributed by atoms with Crippen molar-refractivity contribution in [1.29, 1.82) is 0 Å². The summed E-state index contributed by atoms with van der Waals surface area (Å²) < 4.78 is 85.9. The van der Waals surface area contributed by atoms with E-state index in [-0.39, 0.29) is 53.7 Å². The second kappa shape index (κ2) is 8.54. The zero-order chi connectivity index (χ0) is 26.7. The minimum Gasteiger partial charge on any atom is -0.493 e. The average molecular weight is 539 g/mol. The third-order valence-electron chi connectivity index (χ3n) is 5.93. The fourth-order valence-corrected chi connectivity index (χ4v) is 5.05. The lowest BCUT2D eigenvalue weighted by Gasteiger charge is -2.42. The first kappa shape index (κ1) is 24.7. The van der Waals surface area contributed by atoms with Crippen LogP contribution < -0.4 is 15.4 Å². The molecule has 10 nitrogen and oxygen atoms in total. The maximum absolute atomic E-state index is 14.9. The van der Waals surface area contributed by atoms with Gasteiger partial charge in [-0.3, -0.25) is 19.3 Å². The standard InChI is InChI=1S/C22H17F4N5O5S/c1-37(34,35)8-16(32)28-19-18(14-6-11(24)13(26)7-27-14)30-31-9-22(29-21(33)20(19)31)2-3-36-15-5-10(23)4-12(25)17(15)22/h4-7H,2-3,8-9H2,1H3,(H,28,32)(H,29,33)/t22-/m0/s1. The van der Waals surface area contributed by atoms with E-state index in [9.17, 15) is 35.6 Å². The highest BCUT2D eigenvalue weighted by atomic mass is 32.2. The van der Waals surface area contributed by atoms with Gasteiger partial charge in [-0.2, -0.15) is 5.10 Å². The average Bonchev–Trinajstić information content (AvgIpc) is 3.11. The van der Waals surface area contributed by atoms with Crippen LogP contribution in [-0.4, -0.2) is 53.6 Å². The van der Waals surface area contributed by atoms with Gasteiger partial charge in [0.25, 0.3) is 5.91 Å². The van der Waals surface area contributed by atoms with Crippen LogP contribution in [-0.2, 0) is 26.7 Å². The summed E-state index contributed by atoms with van der Waals surface area (Å²) in [4.78, 5) is 29.6. The first-order chi connectivity index (χ1) is 17.4. The summed E-state index contributed by atoms with van der Waals surface area (Å²) in [6.07, 6.45) is 1.47. The molecule has 0 radical (unpaired) electrons. The molecular weight excluding hydrogens is 522 g/mol. The van der Waals surface area contributed by atoms with E-state index in [1.165, 1.54) is 0 Å². The van der Waals surface area contributed by atoms with Crippen LogP contribution >= 0.6 is 0 Å². The number of nitrogens with zero attached hydrogens (tertiary/aromatic N) is 3. The molecule has 37 heavy (non-hydrogen) atoms. The number of benzene rings is 1. The zero-order valence-electron chi connectivity index (χ0n) is 18.9. The van der Waals surface area contributed by atoms with Gasteiger partial charge in [-0.15, -0.1) is 0 Å². The van der Waals surface area contributed by atoms with E-state index in [0.29, 0.717) is 18.3 Å². The number of fused-ring (bicyclic) bond motifs is 3. The molecule has 4 heterocycles. The summed E-state index contributed by atoms with van der Waals surface area (Å²) in [5, 5.41) is 9.25. The van der Waals surface area contributed by atoms with Gasteiger partial charge in [0, 0.05) is 30.9 Å². The van der Waals surface area contributed by atoms with Crippen LogP contribution in [0.4, 0.5) is 23.2 Å². The number of nitrogens with one attached hydrogen (secondary N) is 2. The Bertz CT molecular complexity index is 1590. The van der Waals surface area contributed by atoms with E-state index in [0.717, 1.165) is 17.0 Å². The largest absolute Gasteiger partial charge is 0.493 e. The molecule has 2 aromatic heterocycles. The van der Waals surface area contributed by atoms with Gasteiger partial charge in [-0.05, 0) is 0 Å². The van der Waals surface area contributed by atoms with Crippen molar-refractivity contribution in [1.82, 2.24) is 20.1 Å². The highest BCUT2D eigenvalue weighted by Crippen LogP contribution is 2.44. The van der Waals surface area contributed by atoms with Gasteiger partial charge in [0.05, 0.1) is 36.1 Å². The molecular formula is C22H17F4N5O5S. The minimum atomic E-state index is -3.77. The van der Waals surface area contributed by atoms with E-state index in [4.69, 9.17) is 4.74 Å². The summed E-state index contributed by atoms with van der Waals surface area (Å²) in [7, 11) is -3.77. The summed E-state index contributed by atoms with van der Waals surface area (Å²) in [6.45, 7) is -0.214. The van der Waals surface area contributed by atoms with Gasteiger partial charge < -0.3 is 15.4 Å². The smallest absolute Gasteiger partial charge is 0.272 e. The summed E-state index contributed by atoms with van der Waals surface area (Å²) >= 11 is 0. The number of rotatable bonds is 4. The number of halogens is 4. The van der Waals surface area contributed by atoms with Crippen LogP contribution in [0.5, 0.6) is 5.75 Å². The lowest BCUT2D eigenvalue weighted by molar-refractivity contribution is -0.113. The third-order valence-corrected chi connectivity index (χ3v) is 6.72. The van der Waals surface area contributed by atoms with Gasteiger partial charge in [-0.1, -0.05) is 0 Å². The van der Waals surface area contributed by atoms with Crippen LogP contribution in [0.25, 0.3) is 11.4 Å². The Kier molecular flexibility index (Phi) is 5.69. The van der Waals surface area contributed by atoms with Crippen LogP contribution in [0.15, 0.2) is 24.4 Å². The first-order valence-corrected chi connectivity index (χ1v) is 12.8. The van der Waals surface area contributed by atoms with Crippen molar-refractivity contribution in [2.24, 2.45) is 0 Å². The number of carbonyl (C=O) groups excluding carboxylic acids is 2. The van der Waals surface area contributed by atoms with Crippen molar-refractivity contribution >= 4 is 27.3 Å². The quantitative estimate of drug-likeness (QED) is 0.484. The molecule has 2 aliphatic heterocycles. The van der Waals surface area contributed by atoms with Crippen LogP contribution in [0.1, 0.15) is 22.5 Å². The lowest BCUT2D eigenvalue weighted by atomic mass is 9.82. The highest BCUT2D eigenvalue weighted by molar-refractivity contribution is 7.91. The molecule has 2 N–H and O–H groups in total. The number of ether oxygens (including phenoxy) is 1. The molecule has 2 amide bonds. The Morgan fingerprint density at radius 3 is 2.65 bits per heavy atom. The van der Waals surface area contributed by atoms with Crippen molar-refractivity contribution < 1.29 is 40.3 Å². The second-order valence-electron chi connectivity index (χ2n) is 8.73. The maximum atomic E-state index is 14.9. The first-order valence-electron chi connectivity index (χ1n) is 10.7. The molecule has 0 bridgehead atoms. The Morgan fingerprint density at radius 2 is 1.95 bits per heavy atom. The fraction of sp³-hybridized carbons (Fsp3) is 0.273. The summed E-state index contributed by atoms with van der Waals surface area (Å²) in [6, 6.07) is 2.32. The lowest BCUT2D eigenvalue weighted by Crippen LogP contribution is -2.56. The molecule has 0 unspecified atom stereocenters. The SMILES string of the molecule is CS(=O)(=O)CC(=O)Nc1c(-c2cc(F)c(F)cn2)nn2c1C(=O)N[C@@]1(CCOc3cc(F)cc(F)c31)C2. The van der Waals surface area contributed by atoms with Crippen LogP contribution in [0.2, 0.25) is 0 Å². The molecule has 1 spiro atoms. The van der Waals surface area contributed by atoms with Crippen molar-refractivity contribution in [2.75, 3.05) is 23.9 Å². The number of amides is 2. The number of aromatic nitrogens is 3. The predicted molar refractivity (Wildman–Crippen MR) is 119 cm³/mol. The van der Waals surface area contributed by atoms with Crippen molar-refractivity contribution in [3.05, 3.63) is 58.9 Å². The summed E-state index contributed by atoms with van der Waals surface area (Å²) in [5.41, 5.74) is -2.61. The molecule has 15 heteroatoms. The zero-order valence-corrected chi connectivity index (χ0v) is 19.8. The van der Waals surface area contributed by atoms with Gasteiger partial charge >= 0.3 is 0 Å². The molecule has 0 saturated carbocycles. The van der Waals surface area contributed by atoms with E-state index in [2.05, 4.69) is 20.7 Å². The van der Waals surface area contributed by atoms with Gasteiger partial charge in [0.15, 0.2) is 27.2 Å². The summed E-state index contributed by atoms with van der Waals surface area (Å²) in [5.74, 6) is -7.29. The van der Waals surface area contributed by atoms with Crippen molar-refractivity contribution in [3.63, 3.8) is 0 Å². The Morgan fingerprint density at radius 1 is 1.19 bits per heavy atom. The molecule has 194 valence electrons. The third kappa shape index (κ3) is 4.39. The van der Waals surface area contributed by atoms with E-state index in [1.807, 2.05) is 0 Å². The molecule has 2 aliphatic rings. The number of sulfone groups is 1. The Balaban J connectivity index is 1.66. The van der Waals surface area contributed by atoms with Crippen molar-refractivity contribution in [3.8, 4) is 17.1 Å². The van der Waals surface area contributed by atoms with Gasteiger partial charge in [0.2, 0.25) is 5.91 Å². The number of pyridine rings is 1. The Labute approximate surface area is 206 Å². The molecule has 3 aromatic rings. The number of hydrogen-bond acceptors (Lipinski definition) is 7. The maximum Gasteiger partial charge on any atom is 0.272 e. The topological polar surface area (TPSA) is 132 Å². The molecule has 0 saturated heterocycles. The minimum absolute atomic E-state index is 0.00230. The normalized spacial score (nSPS) is 18.6. The fourth-order valence-electron chi connectivity index (χ4n) is 4.51. The van der Waals surface area contributed by atoms with E-state index in [1.54, 1.807) is 0 Å². The molecule has 1 aromatic carbocycles. The molecule has 1 atom stereocenters. The van der Waals surface area contributed by atoms with Gasteiger partial charge in [0.1, 0.15) is 34.5 Å². The van der Waals surface area contributed by atoms with E-state index < -0.39 is 56.2 Å². The van der Waals surface area contributed by atoms with Crippen LogP contribution in [0.3, 0.4) is 0 Å². The molecule has 0 aliphatic carbocycles. The van der Waals surface area contributed by atoms with Gasteiger partial charge in [-0.25, -0.2) is 26.0 Å². The second-order valence-corrected chi connectivity index (χ2v) is 10.9. The Hall–Kier alpha value is -4.01. The monoisotopic (exact) mass is 539 g/mol. The highest BCUT2D eigenvalue weighted by Gasteiger charge is 2.47. The van der Waals surface area contributed by atoms with Crippen LogP contribution in [0, 0.1) is 23.3 Å². The molecule has 0 fully saturated rings.